The number of carbonyl (C=O) groups is 2. The quantitative estimate of drug-likeness (QED) is 0.729. The minimum atomic E-state index is -0.296. The van der Waals surface area contributed by atoms with Crippen LogP contribution in [0.3, 0.4) is 0 Å². The molecule has 2 aromatic rings. The Balaban J connectivity index is 2.25. The number of ketones is 2. The van der Waals surface area contributed by atoms with Crippen molar-refractivity contribution in [1.82, 2.24) is 4.98 Å². The maximum atomic E-state index is 13.0. The van der Waals surface area contributed by atoms with Crippen molar-refractivity contribution in [1.29, 1.82) is 0 Å². The van der Waals surface area contributed by atoms with E-state index in [1.807, 2.05) is 40.0 Å². The van der Waals surface area contributed by atoms with Crippen molar-refractivity contribution in [2.24, 2.45) is 0 Å². The van der Waals surface area contributed by atoms with Crippen LogP contribution < -0.4 is 9.64 Å². The molecule has 0 bridgehead atoms. The highest BCUT2D eigenvalue weighted by Crippen LogP contribution is 2.22. The summed E-state index contributed by atoms with van der Waals surface area (Å²) < 4.78 is 5.39. The molecule has 6 heteroatoms. The second-order valence-electron chi connectivity index (χ2n) is 6.75. The van der Waals surface area contributed by atoms with Crippen molar-refractivity contribution in [3.05, 3.63) is 51.3 Å². The van der Waals surface area contributed by atoms with Crippen LogP contribution in [0.15, 0.2) is 18.2 Å². The van der Waals surface area contributed by atoms with Gasteiger partial charge in [0.1, 0.15) is 12.3 Å². The van der Waals surface area contributed by atoms with Gasteiger partial charge in [0.15, 0.2) is 11.8 Å². The number of aryl methyl sites for hydroxylation is 1. The van der Waals surface area contributed by atoms with Crippen LogP contribution in [0.5, 0.6) is 5.75 Å². The lowest BCUT2D eigenvalue weighted by Gasteiger charge is -2.21. The fourth-order valence-electron chi connectivity index (χ4n) is 3.30. The van der Waals surface area contributed by atoms with Crippen molar-refractivity contribution in [3.63, 3.8) is 0 Å². The molecule has 26 heavy (non-hydrogen) atoms. The molecule has 140 valence electrons. The SMILES string of the molecule is COc1ccc(Cl)cc1C[NH+](C)[C@@H](C)C(=O)c1[nH]c(C)c(C(C)=O)c1C. The van der Waals surface area contributed by atoms with Crippen molar-refractivity contribution < 1.29 is 19.2 Å². The summed E-state index contributed by atoms with van der Waals surface area (Å²) in [6.45, 7) is 7.63. The molecule has 0 amide bonds. The summed E-state index contributed by atoms with van der Waals surface area (Å²) in [5, 5.41) is 0.634. The number of halogens is 1. The minimum Gasteiger partial charge on any atom is -0.496 e. The number of methoxy groups -OCH3 is 1. The third-order valence-electron chi connectivity index (χ3n) is 4.88. The number of hydrogen-bond acceptors (Lipinski definition) is 3. The summed E-state index contributed by atoms with van der Waals surface area (Å²) in [6, 6.07) is 5.17. The predicted molar refractivity (Wildman–Crippen MR) is 103 cm³/mol. The van der Waals surface area contributed by atoms with Gasteiger partial charge in [-0.2, -0.15) is 0 Å². The van der Waals surface area contributed by atoms with Crippen LogP contribution in [-0.4, -0.2) is 36.7 Å². The predicted octanol–water partition coefficient (Wildman–Crippen LogP) is 2.78. The minimum absolute atomic E-state index is 0.0170. The fraction of sp³-hybridized carbons (Fsp3) is 0.400. The van der Waals surface area contributed by atoms with Gasteiger partial charge in [0.2, 0.25) is 5.78 Å². The summed E-state index contributed by atoms with van der Waals surface area (Å²) >= 11 is 6.10. The zero-order valence-corrected chi connectivity index (χ0v) is 16.9. The molecule has 0 aliphatic heterocycles. The molecule has 2 rings (SSSR count). The Labute approximate surface area is 159 Å². The lowest BCUT2D eigenvalue weighted by atomic mass is 10.0. The lowest BCUT2D eigenvalue weighted by Crippen LogP contribution is -3.12. The van der Waals surface area contributed by atoms with E-state index >= 15 is 0 Å². The number of hydrogen-bond donors (Lipinski definition) is 2. The first-order valence-electron chi connectivity index (χ1n) is 8.56. The van der Waals surface area contributed by atoms with Gasteiger partial charge in [0.05, 0.1) is 19.9 Å². The van der Waals surface area contributed by atoms with Crippen LogP contribution in [0.25, 0.3) is 0 Å². The molecule has 1 aromatic carbocycles. The zero-order chi connectivity index (χ0) is 19.6. The summed E-state index contributed by atoms with van der Waals surface area (Å²) in [4.78, 5) is 28.9. The average molecular weight is 378 g/mol. The van der Waals surface area contributed by atoms with Crippen LogP contribution in [0, 0.1) is 13.8 Å². The summed E-state index contributed by atoms with van der Waals surface area (Å²) in [5.74, 6) is 0.697. The molecule has 0 aliphatic carbocycles. The molecule has 2 atom stereocenters. The number of carbonyl (C=O) groups excluding carboxylic acids is 2. The van der Waals surface area contributed by atoms with Crippen molar-refractivity contribution >= 4 is 23.2 Å². The van der Waals surface area contributed by atoms with Crippen LogP contribution in [0.1, 0.15) is 51.5 Å². The van der Waals surface area contributed by atoms with E-state index in [-0.39, 0.29) is 17.6 Å². The van der Waals surface area contributed by atoms with Crippen molar-refractivity contribution in [3.8, 4) is 5.75 Å². The van der Waals surface area contributed by atoms with Gasteiger partial charge in [0.25, 0.3) is 0 Å². The highest BCUT2D eigenvalue weighted by molar-refractivity contribution is 6.30. The van der Waals surface area contributed by atoms with E-state index in [2.05, 4.69) is 4.98 Å². The van der Waals surface area contributed by atoms with Gasteiger partial charge in [-0.1, -0.05) is 11.6 Å². The Morgan fingerprint density at radius 1 is 1.31 bits per heavy atom. The number of aromatic nitrogens is 1. The Kier molecular flexibility index (Phi) is 6.26. The number of benzene rings is 1. The highest BCUT2D eigenvalue weighted by Gasteiger charge is 2.29. The number of quaternary nitrogens is 1. The normalized spacial score (nSPS) is 13.3. The third-order valence-corrected chi connectivity index (χ3v) is 5.12. The van der Waals surface area contributed by atoms with E-state index in [0.29, 0.717) is 22.8 Å². The smallest absolute Gasteiger partial charge is 0.235 e. The largest absolute Gasteiger partial charge is 0.496 e. The van der Waals surface area contributed by atoms with E-state index in [0.717, 1.165) is 27.5 Å². The molecule has 2 N–H and O–H groups in total. The second-order valence-corrected chi connectivity index (χ2v) is 7.18. The third kappa shape index (κ3) is 4.00. The van der Waals surface area contributed by atoms with Crippen molar-refractivity contribution in [2.75, 3.05) is 14.2 Å². The molecule has 0 aliphatic rings. The monoisotopic (exact) mass is 377 g/mol. The molecule has 1 aromatic heterocycles. The number of ether oxygens (including phenoxy) is 1. The van der Waals surface area contributed by atoms with Gasteiger partial charge < -0.3 is 14.6 Å². The van der Waals surface area contributed by atoms with Gasteiger partial charge in [0, 0.05) is 21.8 Å². The van der Waals surface area contributed by atoms with Crippen LogP contribution >= 0.6 is 11.6 Å². The Hall–Kier alpha value is -2.11. The van der Waals surface area contributed by atoms with Crippen LogP contribution in [-0.2, 0) is 6.54 Å². The average Bonchev–Trinajstić information content (AvgIpc) is 2.88. The van der Waals surface area contributed by atoms with Gasteiger partial charge in [-0.05, 0) is 51.5 Å². The first-order chi connectivity index (χ1) is 12.2. The Bertz CT molecular complexity index is 842. The number of likely N-dealkylation sites (N-methyl/N-ethyl adjacent to an activating group) is 1. The molecule has 0 saturated heterocycles. The highest BCUT2D eigenvalue weighted by atomic mass is 35.5. The number of aromatic amines is 1. The van der Waals surface area contributed by atoms with E-state index in [1.54, 1.807) is 13.2 Å². The fourth-order valence-corrected chi connectivity index (χ4v) is 3.50. The molecule has 0 fully saturated rings. The summed E-state index contributed by atoms with van der Waals surface area (Å²) in [5.41, 5.74) is 3.52. The summed E-state index contributed by atoms with van der Waals surface area (Å²) in [7, 11) is 3.57. The number of H-pyrrole nitrogens is 1. The first-order valence-corrected chi connectivity index (χ1v) is 8.94. The van der Waals surface area contributed by atoms with Crippen LogP contribution in [0.2, 0.25) is 5.02 Å². The lowest BCUT2D eigenvalue weighted by molar-refractivity contribution is -0.907. The second kappa shape index (κ2) is 8.06. The Morgan fingerprint density at radius 3 is 2.50 bits per heavy atom. The van der Waals surface area contributed by atoms with Crippen LogP contribution in [0.4, 0.5) is 0 Å². The van der Waals surface area contributed by atoms with Gasteiger partial charge in [-0.25, -0.2) is 0 Å². The van der Waals surface area contributed by atoms with Gasteiger partial charge in [-0.15, -0.1) is 0 Å². The molecule has 1 heterocycles. The molecule has 0 saturated carbocycles. The molecular weight excluding hydrogens is 352 g/mol. The number of rotatable bonds is 7. The first kappa shape index (κ1) is 20.2. The van der Waals surface area contributed by atoms with Gasteiger partial charge in [-0.3, -0.25) is 9.59 Å². The molecule has 5 nitrogen and oxygen atoms in total. The topological polar surface area (TPSA) is 63.6 Å². The number of nitrogens with one attached hydrogen (secondary N) is 2. The molecule has 0 spiro atoms. The molecular formula is C20H26ClN2O3+. The summed E-state index contributed by atoms with van der Waals surface area (Å²) in [6.07, 6.45) is 0. The maximum Gasteiger partial charge on any atom is 0.235 e. The van der Waals surface area contributed by atoms with Gasteiger partial charge >= 0.3 is 0 Å². The van der Waals surface area contributed by atoms with E-state index in [1.165, 1.54) is 6.92 Å². The Morgan fingerprint density at radius 2 is 1.96 bits per heavy atom. The molecule has 0 radical (unpaired) electrons. The zero-order valence-electron chi connectivity index (χ0n) is 16.1. The number of Topliss-reactive ketones (excluding diaryl/α,β-unsaturated/α-hetero) is 2. The standard InChI is InChI=1S/C20H25ClN2O3/c1-11-18(14(4)24)12(2)22-19(11)20(25)13(3)23(5)10-15-9-16(21)7-8-17(15)26-6/h7-9,13,22H,10H2,1-6H3/p+1/t13-/m0/s1. The van der Waals surface area contributed by atoms with E-state index in [9.17, 15) is 9.59 Å². The van der Waals surface area contributed by atoms with E-state index < -0.39 is 0 Å². The molecule has 1 unspecified atom stereocenters. The maximum absolute atomic E-state index is 13.0. The van der Waals surface area contributed by atoms with Crippen molar-refractivity contribution in [2.45, 2.75) is 40.3 Å². The van der Waals surface area contributed by atoms with E-state index in [4.69, 9.17) is 16.3 Å².